The first-order valence-electron chi connectivity index (χ1n) is 9.56. The van der Waals surface area contributed by atoms with Crippen molar-refractivity contribution in [3.63, 3.8) is 0 Å². The Morgan fingerprint density at radius 2 is 1.57 bits per heavy atom. The molecule has 5 rings (SSSR count). The normalized spacial score (nSPS) is 11.4. The predicted molar refractivity (Wildman–Crippen MR) is 123 cm³/mol. The number of fused-ring (bicyclic) bond motifs is 3. The van der Waals surface area contributed by atoms with Crippen LogP contribution in [-0.2, 0) is 13.1 Å². The van der Waals surface area contributed by atoms with Crippen molar-refractivity contribution in [1.29, 1.82) is 0 Å². The number of rotatable bonds is 4. The van der Waals surface area contributed by atoms with Gasteiger partial charge in [-0.1, -0.05) is 71.7 Å². The fourth-order valence-electron chi connectivity index (χ4n) is 3.81. The summed E-state index contributed by atoms with van der Waals surface area (Å²) >= 11 is 12.3. The van der Waals surface area contributed by atoms with Crippen molar-refractivity contribution < 1.29 is 0 Å². The van der Waals surface area contributed by atoms with Gasteiger partial charge in [-0.25, -0.2) is 4.98 Å². The molecule has 148 valence electrons. The van der Waals surface area contributed by atoms with E-state index in [1.54, 1.807) is 10.9 Å². The highest BCUT2D eigenvalue weighted by Gasteiger charge is 2.17. The number of hydrogen-bond donors (Lipinski definition) is 0. The maximum absolute atomic E-state index is 13.5. The third-order valence-electron chi connectivity index (χ3n) is 5.29. The minimum Gasteiger partial charge on any atom is -0.330 e. The molecule has 0 aliphatic rings. The lowest BCUT2D eigenvalue weighted by Gasteiger charge is -2.10. The van der Waals surface area contributed by atoms with Crippen LogP contribution in [0.15, 0.2) is 83.9 Å². The Labute approximate surface area is 182 Å². The van der Waals surface area contributed by atoms with E-state index in [1.807, 2.05) is 77.4 Å². The summed E-state index contributed by atoms with van der Waals surface area (Å²) in [6.45, 7) is 0.915. The van der Waals surface area contributed by atoms with Crippen LogP contribution in [0.5, 0.6) is 0 Å². The molecule has 0 radical (unpaired) electrons. The third-order valence-corrected chi connectivity index (χ3v) is 5.91. The second-order valence-electron chi connectivity index (χ2n) is 7.20. The van der Waals surface area contributed by atoms with Crippen molar-refractivity contribution in [1.82, 2.24) is 14.1 Å². The fraction of sp³-hybridized carbons (Fsp3) is 0.0833. The predicted octanol–water partition coefficient (Wildman–Crippen LogP) is 5.75. The minimum atomic E-state index is -0.0925. The molecule has 0 saturated heterocycles. The molecule has 6 heteroatoms. The average molecular weight is 434 g/mol. The number of para-hydroxylation sites is 1. The monoisotopic (exact) mass is 433 g/mol. The summed E-state index contributed by atoms with van der Waals surface area (Å²) in [6, 6.07) is 23.2. The molecule has 2 heterocycles. The van der Waals surface area contributed by atoms with E-state index >= 15 is 0 Å². The number of nitrogens with zero attached hydrogens (tertiary/aromatic N) is 3. The van der Waals surface area contributed by atoms with Gasteiger partial charge in [-0.05, 0) is 35.4 Å². The van der Waals surface area contributed by atoms with E-state index < -0.39 is 0 Å². The lowest BCUT2D eigenvalue weighted by atomic mass is 10.2. The van der Waals surface area contributed by atoms with Gasteiger partial charge < -0.3 is 4.57 Å². The first kappa shape index (κ1) is 18.9. The van der Waals surface area contributed by atoms with Gasteiger partial charge in [-0.3, -0.25) is 9.36 Å². The van der Waals surface area contributed by atoms with Crippen LogP contribution in [0.3, 0.4) is 0 Å². The van der Waals surface area contributed by atoms with E-state index in [4.69, 9.17) is 23.2 Å². The zero-order valence-electron chi connectivity index (χ0n) is 15.9. The Bertz CT molecular complexity index is 1440. The number of hydrogen-bond acceptors (Lipinski definition) is 2. The maximum atomic E-state index is 13.5. The van der Waals surface area contributed by atoms with Crippen LogP contribution < -0.4 is 5.56 Å². The second-order valence-corrected chi connectivity index (χ2v) is 8.04. The molecular formula is C24H17Cl2N3O. The van der Waals surface area contributed by atoms with Gasteiger partial charge in [0.2, 0.25) is 0 Å². The van der Waals surface area contributed by atoms with E-state index in [0.29, 0.717) is 34.2 Å². The topological polar surface area (TPSA) is 39.8 Å². The molecule has 0 amide bonds. The van der Waals surface area contributed by atoms with Crippen molar-refractivity contribution in [2.24, 2.45) is 0 Å². The molecular weight excluding hydrogens is 417 g/mol. The van der Waals surface area contributed by atoms with E-state index in [0.717, 1.165) is 22.0 Å². The molecule has 0 N–H and O–H groups in total. The van der Waals surface area contributed by atoms with Crippen LogP contribution >= 0.6 is 23.2 Å². The van der Waals surface area contributed by atoms with Gasteiger partial charge in [0.15, 0.2) is 0 Å². The Balaban J connectivity index is 1.71. The van der Waals surface area contributed by atoms with Gasteiger partial charge in [0.25, 0.3) is 5.56 Å². The van der Waals surface area contributed by atoms with Gasteiger partial charge >= 0.3 is 0 Å². The first-order chi connectivity index (χ1) is 14.6. The van der Waals surface area contributed by atoms with E-state index in [1.165, 1.54) is 0 Å². The van der Waals surface area contributed by atoms with Crippen LogP contribution in [0, 0.1) is 0 Å². The third kappa shape index (κ3) is 3.28. The molecule has 0 saturated carbocycles. The molecule has 4 nitrogen and oxygen atoms in total. The Hall–Kier alpha value is -3.08. The van der Waals surface area contributed by atoms with E-state index in [9.17, 15) is 4.79 Å². The highest BCUT2D eigenvalue weighted by atomic mass is 35.5. The highest BCUT2D eigenvalue weighted by molar-refractivity contribution is 6.31. The van der Waals surface area contributed by atoms with Crippen LogP contribution in [0.2, 0.25) is 10.0 Å². The maximum Gasteiger partial charge on any atom is 0.278 e. The van der Waals surface area contributed by atoms with Gasteiger partial charge in [0, 0.05) is 22.0 Å². The molecule has 0 spiro atoms. The van der Waals surface area contributed by atoms with Crippen molar-refractivity contribution in [3.05, 3.63) is 111 Å². The van der Waals surface area contributed by atoms with Crippen LogP contribution in [0.25, 0.3) is 21.9 Å². The molecule has 0 aliphatic heterocycles. The van der Waals surface area contributed by atoms with E-state index in [-0.39, 0.29) is 5.56 Å². The van der Waals surface area contributed by atoms with Gasteiger partial charge in [-0.2, -0.15) is 0 Å². The highest BCUT2D eigenvalue weighted by Crippen LogP contribution is 2.26. The molecule has 2 aromatic heterocycles. The van der Waals surface area contributed by atoms with Crippen molar-refractivity contribution in [2.75, 3.05) is 0 Å². The Morgan fingerprint density at radius 3 is 2.37 bits per heavy atom. The lowest BCUT2D eigenvalue weighted by molar-refractivity contribution is 0.738. The number of aromatic nitrogens is 3. The van der Waals surface area contributed by atoms with Crippen molar-refractivity contribution in [2.45, 2.75) is 13.1 Å². The quantitative estimate of drug-likeness (QED) is 0.361. The smallest absolute Gasteiger partial charge is 0.278 e. The summed E-state index contributed by atoms with van der Waals surface area (Å²) < 4.78 is 3.65. The second kappa shape index (κ2) is 7.63. The average Bonchev–Trinajstić information content (AvgIpc) is 3.07. The summed E-state index contributed by atoms with van der Waals surface area (Å²) in [5, 5.41) is 2.28. The van der Waals surface area contributed by atoms with Gasteiger partial charge in [0.1, 0.15) is 11.0 Å². The first-order valence-corrected chi connectivity index (χ1v) is 10.3. The zero-order chi connectivity index (χ0) is 20.7. The Morgan fingerprint density at radius 1 is 0.833 bits per heavy atom. The van der Waals surface area contributed by atoms with E-state index in [2.05, 4.69) is 4.98 Å². The molecule has 0 aliphatic carbocycles. The summed E-state index contributed by atoms with van der Waals surface area (Å²) in [5.41, 5.74) is 4.11. The van der Waals surface area contributed by atoms with Crippen molar-refractivity contribution >= 4 is 45.1 Å². The summed E-state index contributed by atoms with van der Waals surface area (Å²) in [7, 11) is 0. The SMILES string of the molecule is O=c1c2c(ncn1Cc1ccccc1Cl)c1ccccc1n2Cc1ccc(Cl)cc1. The van der Waals surface area contributed by atoms with Crippen molar-refractivity contribution in [3.8, 4) is 0 Å². The summed E-state index contributed by atoms with van der Waals surface area (Å²) in [6.07, 6.45) is 1.60. The van der Waals surface area contributed by atoms with Gasteiger partial charge in [-0.15, -0.1) is 0 Å². The lowest BCUT2D eigenvalue weighted by Crippen LogP contribution is -2.23. The molecule has 0 unspecified atom stereocenters. The van der Waals surface area contributed by atoms with Crippen LogP contribution in [0.1, 0.15) is 11.1 Å². The number of benzene rings is 3. The molecule has 0 fully saturated rings. The Kier molecular flexibility index (Phi) is 4.81. The summed E-state index contributed by atoms with van der Waals surface area (Å²) in [4.78, 5) is 18.2. The molecule has 0 bridgehead atoms. The minimum absolute atomic E-state index is 0.0925. The number of halogens is 2. The van der Waals surface area contributed by atoms with Crippen LogP contribution in [-0.4, -0.2) is 14.1 Å². The molecule has 3 aromatic carbocycles. The summed E-state index contributed by atoms with van der Waals surface area (Å²) in [5.74, 6) is 0. The van der Waals surface area contributed by atoms with Gasteiger partial charge in [0.05, 0.1) is 18.4 Å². The largest absolute Gasteiger partial charge is 0.330 e. The molecule has 0 atom stereocenters. The molecule has 5 aromatic rings. The standard InChI is InChI=1S/C24H17Cl2N3O/c25-18-11-9-16(10-12-18)13-29-21-8-4-2-6-19(21)22-23(29)24(30)28(15-27-22)14-17-5-1-3-7-20(17)26/h1-12,15H,13-14H2. The van der Waals surface area contributed by atoms with Crippen LogP contribution in [0.4, 0.5) is 0 Å². The fourth-order valence-corrected chi connectivity index (χ4v) is 4.13. The zero-order valence-corrected chi connectivity index (χ0v) is 17.4. The molecule has 30 heavy (non-hydrogen) atoms.